The van der Waals surface area contributed by atoms with E-state index in [1.807, 2.05) is 6.07 Å². The minimum absolute atomic E-state index is 0.0124. The van der Waals surface area contributed by atoms with Crippen LogP contribution in [0.25, 0.3) is 6.08 Å². The van der Waals surface area contributed by atoms with E-state index in [1.54, 1.807) is 30.3 Å². The first-order chi connectivity index (χ1) is 12.2. The van der Waals surface area contributed by atoms with Gasteiger partial charge in [-0.25, -0.2) is 9.18 Å². The van der Waals surface area contributed by atoms with E-state index < -0.39 is 5.97 Å². The molecule has 0 aliphatic carbocycles. The van der Waals surface area contributed by atoms with Crippen LogP contribution in [0.2, 0.25) is 0 Å². The quantitative estimate of drug-likeness (QED) is 0.418. The molecule has 2 rings (SSSR count). The average Bonchev–Trinajstić information content (AvgIpc) is 2.64. The maximum absolute atomic E-state index is 12.7. The van der Waals surface area contributed by atoms with Crippen LogP contribution >= 0.6 is 0 Å². The number of rotatable bonds is 8. The third-order valence-corrected chi connectivity index (χ3v) is 3.01. The minimum Gasteiger partial charge on any atom is -0.490 e. The third-order valence-electron chi connectivity index (χ3n) is 3.01. The summed E-state index contributed by atoms with van der Waals surface area (Å²) in [5.74, 6) is 0.256. The Morgan fingerprint density at radius 1 is 1.00 bits per heavy atom. The van der Waals surface area contributed by atoms with Crippen molar-refractivity contribution in [1.82, 2.24) is 0 Å². The number of ether oxygens (including phenoxy) is 3. The first-order valence-electron chi connectivity index (χ1n) is 7.50. The fraction of sp³-hybridized carbons (Fsp3) is 0.158. The molecule has 0 spiro atoms. The van der Waals surface area contributed by atoms with Crippen molar-refractivity contribution in [2.24, 2.45) is 0 Å². The lowest BCUT2D eigenvalue weighted by Gasteiger charge is -2.06. The molecule has 2 aromatic carbocycles. The van der Waals surface area contributed by atoms with Crippen LogP contribution in [0.4, 0.5) is 4.39 Å². The molecule has 128 valence electrons. The van der Waals surface area contributed by atoms with E-state index in [9.17, 15) is 9.18 Å². The van der Waals surface area contributed by atoms with Crippen LogP contribution in [0.5, 0.6) is 11.5 Å². The number of benzene rings is 2. The summed E-state index contributed by atoms with van der Waals surface area (Å²) in [4.78, 5) is 11.6. The Bertz CT molecular complexity index is 748. The molecule has 0 aliphatic heterocycles. The van der Waals surface area contributed by atoms with Crippen molar-refractivity contribution in [1.29, 1.82) is 5.26 Å². The Morgan fingerprint density at radius 2 is 1.64 bits per heavy atom. The molecule has 0 unspecified atom stereocenters. The molecule has 0 amide bonds. The molecule has 0 bridgehead atoms. The number of hydrogen-bond donors (Lipinski definition) is 0. The second-order valence-corrected chi connectivity index (χ2v) is 4.82. The fourth-order valence-electron chi connectivity index (χ4n) is 1.84. The zero-order valence-corrected chi connectivity index (χ0v) is 13.4. The molecule has 0 saturated heterocycles. The SMILES string of the molecule is N#CCOc1ccc(/C=C/C(=O)OCCOc2ccc(F)cc2)cc1. The van der Waals surface area contributed by atoms with Gasteiger partial charge in [-0.15, -0.1) is 0 Å². The van der Waals surface area contributed by atoms with Crippen LogP contribution in [0.1, 0.15) is 5.56 Å². The summed E-state index contributed by atoms with van der Waals surface area (Å²) in [7, 11) is 0. The van der Waals surface area contributed by atoms with Crippen LogP contribution in [-0.2, 0) is 9.53 Å². The van der Waals surface area contributed by atoms with Gasteiger partial charge >= 0.3 is 5.97 Å². The Labute approximate surface area is 144 Å². The summed E-state index contributed by atoms with van der Waals surface area (Å²) in [5.41, 5.74) is 0.795. The number of esters is 1. The molecule has 0 aromatic heterocycles. The van der Waals surface area contributed by atoms with E-state index >= 15 is 0 Å². The summed E-state index contributed by atoms with van der Waals surface area (Å²) in [6.45, 7) is 0.249. The van der Waals surface area contributed by atoms with Gasteiger partial charge in [-0.1, -0.05) is 12.1 Å². The molecular formula is C19H16FNO4. The van der Waals surface area contributed by atoms with Gasteiger partial charge in [-0.05, 0) is 48.0 Å². The van der Waals surface area contributed by atoms with Gasteiger partial charge in [0.2, 0.25) is 0 Å². The molecule has 0 atom stereocenters. The predicted octanol–water partition coefficient (Wildman–Crippen LogP) is 3.36. The Morgan fingerprint density at radius 3 is 2.32 bits per heavy atom. The minimum atomic E-state index is -0.493. The van der Waals surface area contributed by atoms with Gasteiger partial charge in [0, 0.05) is 6.08 Å². The van der Waals surface area contributed by atoms with Gasteiger partial charge in [0.1, 0.15) is 36.6 Å². The molecule has 0 saturated carbocycles. The van der Waals surface area contributed by atoms with Crippen LogP contribution in [0, 0.1) is 17.1 Å². The third kappa shape index (κ3) is 6.75. The standard InChI is InChI=1S/C19H16FNO4/c20-16-4-8-18(9-5-16)24-13-14-25-19(22)10-3-15-1-6-17(7-2-15)23-12-11-21/h1-10H,12-14H2/b10-3+. The highest BCUT2D eigenvalue weighted by Gasteiger charge is 1.99. The maximum Gasteiger partial charge on any atom is 0.330 e. The second kappa shape index (κ2) is 9.73. The Hall–Kier alpha value is -3.33. The number of halogens is 1. The second-order valence-electron chi connectivity index (χ2n) is 4.82. The fourth-order valence-corrected chi connectivity index (χ4v) is 1.84. The number of hydrogen-bond acceptors (Lipinski definition) is 5. The predicted molar refractivity (Wildman–Crippen MR) is 89.4 cm³/mol. The number of nitriles is 1. The van der Waals surface area contributed by atoms with Gasteiger partial charge < -0.3 is 14.2 Å². The lowest BCUT2D eigenvalue weighted by molar-refractivity contribution is -0.138. The van der Waals surface area contributed by atoms with E-state index in [4.69, 9.17) is 19.5 Å². The van der Waals surface area contributed by atoms with Gasteiger partial charge in [0.15, 0.2) is 6.61 Å². The van der Waals surface area contributed by atoms with Crippen molar-refractivity contribution >= 4 is 12.0 Å². The van der Waals surface area contributed by atoms with E-state index in [2.05, 4.69) is 0 Å². The summed E-state index contributed by atoms with van der Waals surface area (Å²) >= 11 is 0. The Kier molecular flexibility index (Phi) is 7.01. The molecular weight excluding hydrogens is 325 g/mol. The van der Waals surface area contributed by atoms with E-state index in [0.717, 1.165) is 5.56 Å². The molecule has 25 heavy (non-hydrogen) atoms. The topological polar surface area (TPSA) is 68.5 Å². The number of carbonyl (C=O) groups is 1. The smallest absolute Gasteiger partial charge is 0.330 e. The van der Waals surface area contributed by atoms with Crippen molar-refractivity contribution in [3.05, 3.63) is 66.0 Å². The maximum atomic E-state index is 12.7. The largest absolute Gasteiger partial charge is 0.490 e. The summed E-state index contributed by atoms with van der Waals surface area (Å²) < 4.78 is 28.2. The molecule has 0 aliphatic rings. The molecule has 0 radical (unpaired) electrons. The number of carbonyl (C=O) groups excluding carboxylic acids is 1. The zero-order valence-electron chi connectivity index (χ0n) is 13.4. The van der Waals surface area contributed by atoms with Gasteiger partial charge in [-0.2, -0.15) is 5.26 Å². The van der Waals surface area contributed by atoms with Crippen LogP contribution in [-0.4, -0.2) is 25.8 Å². The molecule has 0 fully saturated rings. The molecule has 0 heterocycles. The van der Waals surface area contributed by atoms with Gasteiger partial charge in [-0.3, -0.25) is 0 Å². The van der Waals surface area contributed by atoms with Crippen LogP contribution in [0.15, 0.2) is 54.6 Å². The molecule has 6 heteroatoms. The number of nitrogens with zero attached hydrogens (tertiary/aromatic N) is 1. The van der Waals surface area contributed by atoms with E-state index in [-0.39, 0.29) is 25.6 Å². The van der Waals surface area contributed by atoms with E-state index in [1.165, 1.54) is 30.3 Å². The highest BCUT2D eigenvalue weighted by atomic mass is 19.1. The van der Waals surface area contributed by atoms with Crippen LogP contribution in [0.3, 0.4) is 0 Å². The highest BCUT2D eigenvalue weighted by molar-refractivity contribution is 5.87. The summed E-state index contributed by atoms with van der Waals surface area (Å²) in [6.07, 6.45) is 2.92. The highest BCUT2D eigenvalue weighted by Crippen LogP contribution is 2.13. The summed E-state index contributed by atoms with van der Waals surface area (Å²) in [5, 5.41) is 8.43. The van der Waals surface area contributed by atoms with E-state index in [0.29, 0.717) is 11.5 Å². The molecule has 2 aromatic rings. The zero-order chi connectivity index (χ0) is 17.9. The Balaban J connectivity index is 1.69. The van der Waals surface area contributed by atoms with Crippen molar-refractivity contribution in [2.75, 3.05) is 19.8 Å². The average molecular weight is 341 g/mol. The van der Waals surface area contributed by atoms with Crippen molar-refractivity contribution < 1.29 is 23.4 Å². The summed E-state index contributed by atoms with van der Waals surface area (Å²) in [6, 6.07) is 14.4. The van der Waals surface area contributed by atoms with Crippen molar-refractivity contribution in [2.45, 2.75) is 0 Å². The van der Waals surface area contributed by atoms with Crippen molar-refractivity contribution in [3.63, 3.8) is 0 Å². The first-order valence-corrected chi connectivity index (χ1v) is 7.50. The lowest BCUT2D eigenvalue weighted by atomic mass is 10.2. The monoisotopic (exact) mass is 341 g/mol. The normalized spacial score (nSPS) is 10.2. The lowest BCUT2D eigenvalue weighted by Crippen LogP contribution is -2.10. The van der Waals surface area contributed by atoms with Crippen LogP contribution < -0.4 is 9.47 Å². The molecule has 5 nitrogen and oxygen atoms in total. The van der Waals surface area contributed by atoms with Gasteiger partial charge in [0.05, 0.1) is 0 Å². The molecule has 0 N–H and O–H groups in total. The first kappa shape index (κ1) is 18.0. The van der Waals surface area contributed by atoms with Crippen molar-refractivity contribution in [3.8, 4) is 17.6 Å². The van der Waals surface area contributed by atoms with Gasteiger partial charge in [0.25, 0.3) is 0 Å².